The van der Waals surface area contributed by atoms with Crippen LogP contribution in [0, 0.1) is 5.82 Å². The molecule has 1 atom stereocenters. The van der Waals surface area contributed by atoms with Crippen molar-refractivity contribution in [1.82, 2.24) is 0 Å². The summed E-state index contributed by atoms with van der Waals surface area (Å²) in [5.41, 5.74) is 2.62. The lowest BCUT2D eigenvalue weighted by molar-refractivity contribution is -0.117. The van der Waals surface area contributed by atoms with E-state index in [1.54, 1.807) is 43.3 Å². The molecule has 2 amide bonds. The minimum absolute atomic E-state index is 0.0265. The van der Waals surface area contributed by atoms with Gasteiger partial charge in [-0.15, -0.1) is 0 Å². The third kappa shape index (κ3) is 7.16. The van der Waals surface area contributed by atoms with Crippen molar-refractivity contribution in [3.63, 3.8) is 0 Å². The highest BCUT2D eigenvalue weighted by Crippen LogP contribution is 2.25. The van der Waals surface area contributed by atoms with Gasteiger partial charge in [-0.3, -0.25) is 13.9 Å². The maximum absolute atomic E-state index is 13.4. The van der Waals surface area contributed by atoms with Gasteiger partial charge in [0.2, 0.25) is 15.9 Å². The van der Waals surface area contributed by atoms with Gasteiger partial charge in [-0.2, -0.15) is 0 Å². The summed E-state index contributed by atoms with van der Waals surface area (Å²) >= 11 is 0. The van der Waals surface area contributed by atoms with Gasteiger partial charge in [0.05, 0.1) is 11.9 Å². The molecule has 0 aromatic heterocycles. The Balaban J connectivity index is 1.77. The molecule has 0 bridgehead atoms. The zero-order valence-electron chi connectivity index (χ0n) is 21.6. The van der Waals surface area contributed by atoms with Crippen molar-refractivity contribution in [3.8, 4) is 0 Å². The number of nitrogens with one attached hydrogen (secondary N) is 2. The van der Waals surface area contributed by atoms with Crippen LogP contribution in [-0.4, -0.2) is 32.5 Å². The Morgan fingerprint density at radius 3 is 2.00 bits per heavy atom. The summed E-state index contributed by atoms with van der Waals surface area (Å²) in [4.78, 5) is 25.9. The molecule has 3 rings (SSSR count). The molecule has 37 heavy (non-hydrogen) atoms. The van der Waals surface area contributed by atoms with Crippen molar-refractivity contribution in [2.24, 2.45) is 0 Å². The van der Waals surface area contributed by atoms with Crippen LogP contribution in [0.2, 0.25) is 0 Å². The van der Waals surface area contributed by atoms with E-state index in [1.807, 2.05) is 12.1 Å². The lowest BCUT2D eigenvalue weighted by atomic mass is 9.87. The van der Waals surface area contributed by atoms with Gasteiger partial charge in [-0.1, -0.05) is 45.9 Å². The van der Waals surface area contributed by atoms with E-state index in [4.69, 9.17) is 0 Å². The molecule has 0 heterocycles. The molecular weight excluding hydrogens is 493 g/mol. The first-order valence-corrected chi connectivity index (χ1v) is 13.7. The van der Waals surface area contributed by atoms with Crippen LogP contribution in [0.25, 0.3) is 0 Å². The van der Waals surface area contributed by atoms with Crippen LogP contribution in [-0.2, 0) is 20.2 Å². The van der Waals surface area contributed by atoms with Gasteiger partial charge in [0, 0.05) is 16.9 Å². The predicted octanol–water partition coefficient (Wildman–Crippen LogP) is 5.56. The van der Waals surface area contributed by atoms with Gasteiger partial charge >= 0.3 is 0 Å². The Labute approximate surface area is 217 Å². The summed E-state index contributed by atoms with van der Waals surface area (Å²) < 4.78 is 39.5. The summed E-state index contributed by atoms with van der Waals surface area (Å²) in [6.45, 7) is 7.98. The van der Waals surface area contributed by atoms with Gasteiger partial charge < -0.3 is 10.6 Å². The fourth-order valence-corrected chi connectivity index (χ4v) is 5.09. The molecule has 9 heteroatoms. The van der Waals surface area contributed by atoms with Gasteiger partial charge in [0.25, 0.3) is 5.91 Å². The lowest BCUT2D eigenvalue weighted by Crippen LogP contribution is -2.47. The Morgan fingerprint density at radius 2 is 1.49 bits per heavy atom. The van der Waals surface area contributed by atoms with Crippen LogP contribution in [0.15, 0.2) is 72.8 Å². The number of anilines is 3. The van der Waals surface area contributed by atoms with E-state index < -0.39 is 27.8 Å². The van der Waals surface area contributed by atoms with E-state index in [-0.39, 0.29) is 23.4 Å². The van der Waals surface area contributed by atoms with Crippen molar-refractivity contribution in [3.05, 3.63) is 89.7 Å². The number of benzene rings is 3. The first kappa shape index (κ1) is 27.9. The summed E-state index contributed by atoms with van der Waals surface area (Å²) in [6.07, 6.45) is 1.17. The van der Waals surface area contributed by atoms with Crippen LogP contribution in [0.1, 0.15) is 50.0 Å². The number of nitrogens with zero attached hydrogens (tertiary/aromatic N) is 1. The maximum atomic E-state index is 13.4. The van der Waals surface area contributed by atoms with Gasteiger partial charge in [0.15, 0.2) is 0 Å². The second-order valence-corrected chi connectivity index (χ2v) is 11.7. The van der Waals surface area contributed by atoms with Crippen LogP contribution in [0.4, 0.5) is 21.5 Å². The molecule has 0 unspecified atom stereocenters. The Hall–Kier alpha value is -3.72. The van der Waals surface area contributed by atoms with Gasteiger partial charge in [-0.05, 0) is 72.0 Å². The molecule has 3 aromatic carbocycles. The van der Waals surface area contributed by atoms with E-state index in [9.17, 15) is 22.4 Å². The third-order valence-corrected chi connectivity index (χ3v) is 6.99. The Bertz CT molecular complexity index is 1370. The molecule has 0 aliphatic rings. The highest BCUT2D eigenvalue weighted by Gasteiger charge is 2.31. The van der Waals surface area contributed by atoms with Crippen LogP contribution < -0.4 is 14.9 Å². The SMILES string of the molecule is CC[C@@H](C(=O)Nc1cccc(NC(=O)c2ccc(C(C)(C)C)cc2)c1)N(c1ccc(F)cc1)S(C)(=O)=O. The Kier molecular flexibility index (Phi) is 8.38. The molecule has 3 aromatic rings. The third-order valence-electron chi connectivity index (χ3n) is 5.81. The van der Waals surface area contributed by atoms with E-state index in [0.29, 0.717) is 16.9 Å². The lowest BCUT2D eigenvalue weighted by Gasteiger charge is -2.30. The first-order valence-electron chi connectivity index (χ1n) is 11.9. The molecule has 0 saturated carbocycles. The first-order chi connectivity index (χ1) is 17.3. The normalized spacial score (nSPS) is 12.5. The predicted molar refractivity (Wildman–Crippen MR) is 146 cm³/mol. The summed E-state index contributed by atoms with van der Waals surface area (Å²) in [6, 6.07) is 17.8. The second-order valence-electron chi connectivity index (χ2n) is 9.81. The smallest absolute Gasteiger partial charge is 0.255 e. The standard InChI is InChI=1S/C28H32FN3O4S/c1-6-25(32(37(5,35)36)24-16-14-21(29)15-17-24)27(34)31-23-9-7-8-22(18-23)30-26(33)19-10-12-20(13-11-19)28(2,3)4/h7-18,25H,6H2,1-5H3,(H,30,33)(H,31,34)/t25-/m0/s1. The molecule has 0 fully saturated rings. The number of hydrogen-bond donors (Lipinski definition) is 2. The number of hydrogen-bond acceptors (Lipinski definition) is 4. The molecule has 0 aliphatic heterocycles. The average Bonchev–Trinajstić information content (AvgIpc) is 2.82. The van der Waals surface area contributed by atoms with Crippen molar-refractivity contribution in [2.45, 2.75) is 45.6 Å². The fraction of sp³-hybridized carbons (Fsp3) is 0.286. The monoisotopic (exact) mass is 525 g/mol. The second kappa shape index (κ2) is 11.1. The molecule has 0 aliphatic carbocycles. The highest BCUT2D eigenvalue weighted by molar-refractivity contribution is 7.92. The van der Waals surface area contributed by atoms with Crippen molar-refractivity contribution in [2.75, 3.05) is 21.2 Å². The number of carbonyl (C=O) groups excluding carboxylic acids is 2. The quantitative estimate of drug-likeness (QED) is 0.403. The Morgan fingerprint density at radius 1 is 0.919 bits per heavy atom. The van der Waals surface area contributed by atoms with E-state index in [0.717, 1.165) is 28.3 Å². The minimum atomic E-state index is -3.85. The molecule has 0 saturated heterocycles. The van der Waals surface area contributed by atoms with Crippen LogP contribution in [0.3, 0.4) is 0 Å². The van der Waals surface area contributed by atoms with E-state index in [1.165, 1.54) is 12.1 Å². The highest BCUT2D eigenvalue weighted by atomic mass is 32.2. The topological polar surface area (TPSA) is 95.6 Å². The van der Waals surface area contributed by atoms with Gasteiger partial charge in [-0.25, -0.2) is 12.8 Å². The minimum Gasteiger partial charge on any atom is -0.324 e. The van der Waals surface area contributed by atoms with Crippen LogP contribution in [0.5, 0.6) is 0 Å². The number of rotatable bonds is 8. The van der Waals surface area contributed by atoms with Crippen molar-refractivity contribution in [1.29, 1.82) is 0 Å². The summed E-state index contributed by atoms with van der Waals surface area (Å²) in [7, 11) is -3.85. The fourth-order valence-electron chi connectivity index (χ4n) is 3.87. The largest absolute Gasteiger partial charge is 0.324 e. The number of halogens is 1. The average molecular weight is 526 g/mol. The number of amides is 2. The van der Waals surface area contributed by atoms with Crippen molar-refractivity contribution >= 4 is 38.9 Å². The molecule has 2 N–H and O–H groups in total. The molecule has 0 spiro atoms. The number of carbonyl (C=O) groups is 2. The summed E-state index contributed by atoms with van der Waals surface area (Å²) in [5, 5.41) is 5.55. The molecule has 7 nitrogen and oxygen atoms in total. The molecule has 196 valence electrons. The number of sulfonamides is 1. The van der Waals surface area contributed by atoms with Crippen molar-refractivity contribution < 1.29 is 22.4 Å². The van der Waals surface area contributed by atoms with E-state index in [2.05, 4.69) is 31.4 Å². The maximum Gasteiger partial charge on any atom is 0.255 e. The van der Waals surface area contributed by atoms with E-state index >= 15 is 0 Å². The summed E-state index contributed by atoms with van der Waals surface area (Å²) in [5.74, 6) is -1.37. The van der Waals surface area contributed by atoms with Gasteiger partial charge in [0.1, 0.15) is 11.9 Å². The zero-order valence-corrected chi connectivity index (χ0v) is 22.4. The zero-order chi connectivity index (χ0) is 27.4. The van der Waals surface area contributed by atoms with Crippen LogP contribution >= 0.6 is 0 Å². The molecule has 0 radical (unpaired) electrons. The molecular formula is C28H32FN3O4S.